The topological polar surface area (TPSA) is 83.2 Å². The third kappa shape index (κ3) is 3.38. The van der Waals surface area contributed by atoms with Gasteiger partial charge in [-0.1, -0.05) is 0 Å². The molecule has 0 fully saturated rings. The minimum atomic E-state index is 0.345. The van der Waals surface area contributed by atoms with Crippen molar-refractivity contribution in [2.45, 2.75) is 13.5 Å². The zero-order valence-electron chi connectivity index (χ0n) is 11.0. The number of anilines is 1. The molecule has 0 amide bonds. The summed E-state index contributed by atoms with van der Waals surface area (Å²) in [7, 11) is 1.57. The van der Waals surface area contributed by atoms with E-state index in [-0.39, 0.29) is 0 Å². The first kappa shape index (κ1) is 13.2. The number of nitrogens with zero attached hydrogens (tertiary/aromatic N) is 3. The third-order valence-electron chi connectivity index (χ3n) is 2.47. The maximum Gasteiger partial charge on any atom is 0.212 e. The van der Waals surface area contributed by atoms with E-state index in [0.717, 1.165) is 11.3 Å². The fourth-order valence-electron chi connectivity index (χ4n) is 1.58. The molecule has 0 spiro atoms. The van der Waals surface area contributed by atoms with Crippen molar-refractivity contribution in [1.82, 2.24) is 15.0 Å². The van der Waals surface area contributed by atoms with Gasteiger partial charge in [-0.2, -0.15) is 0 Å². The minimum absolute atomic E-state index is 0.345. The Morgan fingerprint density at radius 1 is 1.26 bits per heavy atom. The summed E-state index contributed by atoms with van der Waals surface area (Å²) in [5.74, 6) is 1.53. The van der Waals surface area contributed by atoms with E-state index < -0.39 is 0 Å². The van der Waals surface area contributed by atoms with Gasteiger partial charge in [0.1, 0.15) is 12.4 Å². The van der Waals surface area contributed by atoms with Crippen LogP contribution in [-0.4, -0.2) is 28.7 Å². The van der Waals surface area contributed by atoms with E-state index in [2.05, 4.69) is 15.0 Å². The number of hydrogen-bond acceptors (Lipinski definition) is 6. The summed E-state index contributed by atoms with van der Waals surface area (Å²) in [6.45, 7) is 2.87. The molecule has 0 saturated heterocycles. The Bertz CT molecular complexity index is 543. The second-order valence-electron chi connectivity index (χ2n) is 3.82. The van der Waals surface area contributed by atoms with Gasteiger partial charge in [-0.3, -0.25) is 0 Å². The Hall–Kier alpha value is -2.21. The van der Waals surface area contributed by atoms with Crippen LogP contribution in [0.3, 0.4) is 0 Å². The van der Waals surface area contributed by atoms with Crippen molar-refractivity contribution < 1.29 is 9.47 Å². The molecule has 2 N–H and O–H groups in total. The van der Waals surface area contributed by atoms with Crippen LogP contribution in [0.25, 0.3) is 11.3 Å². The molecule has 0 radical (unpaired) electrons. The number of rotatable bonds is 5. The zero-order chi connectivity index (χ0) is 13.7. The lowest BCUT2D eigenvalue weighted by molar-refractivity contribution is 0.128. The second-order valence-corrected chi connectivity index (χ2v) is 3.82. The van der Waals surface area contributed by atoms with Crippen molar-refractivity contribution in [3.63, 3.8) is 0 Å². The van der Waals surface area contributed by atoms with Gasteiger partial charge in [0.05, 0.1) is 12.8 Å². The maximum atomic E-state index is 5.77. The first-order chi connectivity index (χ1) is 9.22. The lowest BCUT2D eigenvalue weighted by atomic mass is 10.2. The summed E-state index contributed by atoms with van der Waals surface area (Å²) >= 11 is 0. The Balaban J connectivity index is 2.29. The van der Waals surface area contributed by atoms with Crippen molar-refractivity contribution in [2.75, 3.05) is 19.5 Å². The van der Waals surface area contributed by atoms with Crippen molar-refractivity contribution in [1.29, 1.82) is 0 Å². The molecule has 0 atom stereocenters. The van der Waals surface area contributed by atoms with E-state index in [1.165, 1.54) is 0 Å². The average Bonchev–Trinajstić information content (AvgIpc) is 2.44. The molecule has 2 aromatic rings. The van der Waals surface area contributed by atoms with E-state index in [4.69, 9.17) is 15.2 Å². The lowest BCUT2D eigenvalue weighted by Crippen LogP contribution is -2.03. The summed E-state index contributed by atoms with van der Waals surface area (Å²) in [5, 5.41) is 0. The van der Waals surface area contributed by atoms with E-state index in [1.807, 2.05) is 13.0 Å². The lowest BCUT2D eigenvalue weighted by Gasteiger charge is -2.06. The first-order valence-corrected chi connectivity index (χ1v) is 5.94. The molecule has 6 nitrogen and oxygen atoms in total. The van der Waals surface area contributed by atoms with Crippen molar-refractivity contribution in [3.05, 3.63) is 30.2 Å². The number of nitrogen functional groups attached to an aromatic ring is 1. The number of pyridine rings is 1. The average molecular weight is 260 g/mol. The molecule has 100 valence electrons. The molecule has 0 unspecified atom stereocenters. The Morgan fingerprint density at radius 3 is 2.74 bits per heavy atom. The number of hydrogen-bond donors (Lipinski definition) is 1. The van der Waals surface area contributed by atoms with Crippen LogP contribution in [0.4, 0.5) is 5.82 Å². The monoisotopic (exact) mass is 260 g/mol. The number of ether oxygens (including phenoxy) is 2. The summed E-state index contributed by atoms with van der Waals surface area (Å²) in [6, 6.07) is 5.35. The van der Waals surface area contributed by atoms with Crippen molar-refractivity contribution >= 4 is 5.82 Å². The van der Waals surface area contributed by atoms with Crippen LogP contribution in [0.5, 0.6) is 5.88 Å². The van der Waals surface area contributed by atoms with Crippen LogP contribution < -0.4 is 10.5 Å². The van der Waals surface area contributed by atoms with Crippen LogP contribution in [0, 0.1) is 0 Å². The highest BCUT2D eigenvalue weighted by Crippen LogP contribution is 2.20. The molecule has 19 heavy (non-hydrogen) atoms. The summed E-state index contributed by atoms with van der Waals surface area (Å²) < 4.78 is 10.3. The molecule has 0 bridgehead atoms. The fraction of sp³-hybridized carbons (Fsp3) is 0.308. The standard InChI is InChI=1S/C13H16N4O2/c1-3-19-8-12-16-10(6-11(14)17-12)9-4-5-13(18-2)15-7-9/h4-7H,3,8H2,1-2H3,(H2,14,16,17). The van der Waals surface area contributed by atoms with Gasteiger partial charge in [-0.15, -0.1) is 0 Å². The smallest absolute Gasteiger partial charge is 0.212 e. The van der Waals surface area contributed by atoms with Crippen molar-refractivity contribution in [3.8, 4) is 17.1 Å². The van der Waals surface area contributed by atoms with E-state index in [1.54, 1.807) is 25.4 Å². The highest BCUT2D eigenvalue weighted by Gasteiger charge is 2.06. The minimum Gasteiger partial charge on any atom is -0.481 e. The highest BCUT2D eigenvalue weighted by molar-refractivity contribution is 5.61. The van der Waals surface area contributed by atoms with Crippen molar-refractivity contribution in [2.24, 2.45) is 0 Å². The van der Waals surface area contributed by atoms with E-state index in [0.29, 0.717) is 30.7 Å². The predicted molar refractivity (Wildman–Crippen MR) is 71.6 cm³/mol. The van der Waals surface area contributed by atoms with Gasteiger partial charge < -0.3 is 15.2 Å². The molecule has 6 heteroatoms. The zero-order valence-corrected chi connectivity index (χ0v) is 11.0. The van der Waals surface area contributed by atoms with Crippen LogP contribution in [-0.2, 0) is 11.3 Å². The summed E-state index contributed by atoms with van der Waals surface area (Å²) in [5.41, 5.74) is 7.35. The predicted octanol–water partition coefficient (Wildman–Crippen LogP) is 1.67. The second kappa shape index (κ2) is 6.10. The van der Waals surface area contributed by atoms with Crippen LogP contribution in [0.1, 0.15) is 12.7 Å². The molecular formula is C13H16N4O2. The summed E-state index contributed by atoms with van der Waals surface area (Å²) in [6.07, 6.45) is 1.69. The Morgan fingerprint density at radius 2 is 2.11 bits per heavy atom. The fourth-order valence-corrected chi connectivity index (χ4v) is 1.58. The van der Waals surface area contributed by atoms with E-state index >= 15 is 0 Å². The van der Waals surface area contributed by atoms with Gasteiger partial charge in [0.25, 0.3) is 0 Å². The van der Waals surface area contributed by atoms with Gasteiger partial charge in [0, 0.05) is 30.5 Å². The van der Waals surface area contributed by atoms with Gasteiger partial charge in [-0.25, -0.2) is 15.0 Å². The number of methoxy groups -OCH3 is 1. The normalized spacial score (nSPS) is 10.4. The van der Waals surface area contributed by atoms with Crippen LogP contribution >= 0.6 is 0 Å². The van der Waals surface area contributed by atoms with Crippen LogP contribution in [0.15, 0.2) is 24.4 Å². The Kier molecular flexibility index (Phi) is 4.25. The molecule has 0 aliphatic carbocycles. The maximum absolute atomic E-state index is 5.77. The largest absolute Gasteiger partial charge is 0.481 e. The van der Waals surface area contributed by atoms with E-state index in [9.17, 15) is 0 Å². The van der Waals surface area contributed by atoms with Gasteiger partial charge >= 0.3 is 0 Å². The molecule has 0 aliphatic heterocycles. The summed E-state index contributed by atoms with van der Waals surface area (Å²) in [4.78, 5) is 12.7. The molecule has 0 aliphatic rings. The molecule has 0 saturated carbocycles. The quantitative estimate of drug-likeness (QED) is 0.880. The van der Waals surface area contributed by atoms with Gasteiger partial charge in [-0.05, 0) is 13.0 Å². The highest BCUT2D eigenvalue weighted by atomic mass is 16.5. The molecule has 2 aromatic heterocycles. The Labute approximate surface area is 111 Å². The molecular weight excluding hydrogens is 244 g/mol. The van der Waals surface area contributed by atoms with Gasteiger partial charge in [0.15, 0.2) is 5.82 Å². The number of aromatic nitrogens is 3. The molecule has 0 aromatic carbocycles. The SMILES string of the molecule is CCOCc1nc(N)cc(-c2ccc(OC)nc2)n1. The first-order valence-electron chi connectivity index (χ1n) is 5.94. The van der Waals surface area contributed by atoms with Gasteiger partial charge in [0.2, 0.25) is 5.88 Å². The third-order valence-corrected chi connectivity index (χ3v) is 2.47. The molecule has 2 heterocycles. The van der Waals surface area contributed by atoms with Crippen LogP contribution in [0.2, 0.25) is 0 Å². The molecule has 2 rings (SSSR count). The number of nitrogens with two attached hydrogens (primary N) is 1.